The second kappa shape index (κ2) is 11.2. The average molecular weight is 525 g/mol. The van der Waals surface area contributed by atoms with Gasteiger partial charge in [0.1, 0.15) is 6.61 Å². The Morgan fingerprint density at radius 2 is 1.30 bits per heavy atom. The Hall–Kier alpha value is -5.29. The van der Waals surface area contributed by atoms with Crippen molar-refractivity contribution in [2.45, 2.75) is 6.61 Å². The predicted molar refractivity (Wildman–Crippen MR) is 160 cm³/mol. The Morgan fingerprint density at radius 3 is 1.95 bits per heavy atom. The van der Waals surface area contributed by atoms with Crippen LogP contribution in [0.2, 0.25) is 0 Å². The molecule has 0 aliphatic rings. The van der Waals surface area contributed by atoms with Crippen LogP contribution >= 0.6 is 0 Å². The van der Waals surface area contributed by atoms with Crippen molar-refractivity contribution < 1.29 is 14.3 Å². The maximum absolute atomic E-state index is 14.3. The number of carbonyl (C=O) groups excluding carboxylic acids is 1. The van der Waals surface area contributed by atoms with E-state index in [9.17, 15) is 4.79 Å². The lowest BCUT2D eigenvalue weighted by Gasteiger charge is -2.23. The number of anilines is 2. The maximum atomic E-state index is 14.3. The number of amides is 1. The van der Waals surface area contributed by atoms with Gasteiger partial charge in [-0.3, -0.25) is 9.69 Å². The van der Waals surface area contributed by atoms with Gasteiger partial charge in [-0.2, -0.15) is 0 Å². The summed E-state index contributed by atoms with van der Waals surface area (Å²) in [5, 5.41) is 0.868. The molecule has 0 spiro atoms. The number of hydrogen-bond acceptors (Lipinski definition) is 3. The van der Waals surface area contributed by atoms with E-state index in [2.05, 4.69) is 0 Å². The van der Waals surface area contributed by atoms with Gasteiger partial charge >= 0.3 is 0 Å². The average Bonchev–Trinajstić information content (AvgIpc) is 3.41. The molecule has 6 aromatic rings. The number of methoxy groups -OCH3 is 1. The first-order valence-corrected chi connectivity index (χ1v) is 13.1. The van der Waals surface area contributed by atoms with E-state index >= 15 is 0 Å². The van der Waals surface area contributed by atoms with Gasteiger partial charge in [-0.15, -0.1) is 0 Å². The molecule has 0 saturated carbocycles. The molecule has 1 amide bonds. The second-order valence-electron chi connectivity index (χ2n) is 9.35. The van der Waals surface area contributed by atoms with Gasteiger partial charge in [0.15, 0.2) is 11.5 Å². The van der Waals surface area contributed by atoms with Crippen LogP contribution in [0.5, 0.6) is 11.5 Å². The highest BCUT2D eigenvalue weighted by Gasteiger charge is 2.24. The zero-order valence-corrected chi connectivity index (χ0v) is 22.1. The van der Waals surface area contributed by atoms with Crippen LogP contribution in [0, 0.1) is 0 Å². The van der Waals surface area contributed by atoms with Gasteiger partial charge in [-0.25, -0.2) is 0 Å². The van der Waals surface area contributed by atoms with E-state index in [0.717, 1.165) is 33.5 Å². The topological polar surface area (TPSA) is 43.7 Å². The fraction of sp³-hybridized carbons (Fsp3) is 0.0571. The lowest BCUT2D eigenvalue weighted by atomic mass is 10.1. The third kappa shape index (κ3) is 4.93. The molecule has 196 valence electrons. The van der Waals surface area contributed by atoms with Crippen LogP contribution < -0.4 is 14.4 Å². The molecule has 5 aromatic carbocycles. The number of aromatic nitrogens is 1. The van der Waals surface area contributed by atoms with E-state index in [1.54, 1.807) is 12.0 Å². The number of carbonyl (C=O) groups is 1. The standard InChI is InChI=1S/C35H28N2O3/c1-39-34-23-29(21-22-33(34)40-25-26-13-5-2-6-14-26)36-24-31(30-19-11-12-20-32(30)36)35(38)37(27-15-7-3-8-16-27)28-17-9-4-10-18-28/h2-24H,25H2,1H3. The third-order valence-corrected chi connectivity index (χ3v) is 6.84. The fourth-order valence-corrected chi connectivity index (χ4v) is 4.88. The third-order valence-electron chi connectivity index (χ3n) is 6.84. The van der Waals surface area contributed by atoms with Crippen molar-refractivity contribution in [3.8, 4) is 17.2 Å². The molecular weight excluding hydrogens is 496 g/mol. The summed E-state index contributed by atoms with van der Waals surface area (Å²) in [6.45, 7) is 0.441. The van der Waals surface area contributed by atoms with E-state index in [-0.39, 0.29) is 5.91 Å². The molecule has 0 aliphatic heterocycles. The number of fused-ring (bicyclic) bond motifs is 1. The highest BCUT2D eigenvalue weighted by Crippen LogP contribution is 2.35. The zero-order valence-electron chi connectivity index (χ0n) is 22.1. The largest absolute Gasteiger partial charge is 0.493 e. The molecule has 0 radical (unpaired) electrons. The lowest BCUT2D eigenvalue weighted by molar-refractivity contribution is 0.100. The summed E-state index contributed by atoms with van der Waals surface area (Å²) in [5.74, 6) is 1.17. The highest BCUT2D eigenvalue weighted by atomic mass is 16.5. The molecule has 0 atom stereocenters. The zero-order chi connectivity index (χ0) is 27.3. The van der Waals surface area contributed by atoms with Gasteiger partial charge in [0, 0.05) is 34.7 Å². The Labute approximate surface area is 233 Å². The van der Waals surface area contributed by atoms with Gasteiger partial charge in [0.2, 0.25) is 0 Å². The predicted octanol–water partition coefficient (Wildman–Crippen LogP) is 8.20. The molecule has 1 aromatic heterocycles. The molecule has 1 heterocycles. The summed E-state index contributed by atoms with van der Waals surface area (Å²) >= 11 is 0. The molecule has 0 N–H and O–H groups in total. The minimum atomic E-state index is -0.109. The van der Waals surface area contributed by atoms with Gasteiger partial charge in [0.25, 0.3) is 5.91 Å². The second-order valence-corrected chi connectivity index (χ2v) is 9.35. The van der Waals surface area contributed by atoms with Crippen LogP contribution in [-0.4, -0.2) is 17.6 Å². The van der Waals surface area contributed by atoms with Crippen LogP contribution in [0.4, 0.5) is 11.4 Å². The minimum Gasteiger partial charge on any atom is -0.493 e. The monoisotopic (exact) mass is 524 g/mol. The number of benzene rings is 5. The molecular formula is C35H28N2O3. The van der Waals surface area contributed by atoms with Crippen LogP contribution in [0.15, 0.2) is 140 Å². The highest BCUT2D eigenvalue weighted by molar-refractivity contribution is 6.17. The Bertz CT molecular complexity index is 1710. The first-order chi connectivity index (χ1) is 19.7. The summed E-state index contributed by atoms with van der Waals surface area (Å²) in [6, 6.07) is 43.2. The molecule has 0 unspecified atom stereocenters. The van der Waals surface area contributed by atoms with Crippen molar-refractivity contribution in [2.75, 3.05) is 12.0 Å². The van der Waals surface area contributed by atoms with Gasteiger partial charge in [0.05, 0.1) is 18.2 Å². The molecule has 5 nitrogen and oxygen atoms in total. The van der Waals surface area contributed by atoms with E-state index < -0.39 is 0 Å². The molecule has 5 heteroatoms. The van der Waals surface area contributed by atoms with Crippen LogP contribution in [0.3, 0.4) is 0 Å². The molecule has 0 saturated heterocycles. The quantitative estimate of drug-likeness (QED) is 0.202. The van der Waals surface area contributed by atoms with Crippen molar-refractivity contribution in [2.24, 2.45) is 0 Å². The van der Waals surface area contributed by atoms with Crippen molar-refractivity contribution in [3.63, 3.8) is 0 Å². The van der Waals surface area contributed by atoms with Crippen LogP contribution in [0.1, 0.15) is 15.9 Å². The van der Waals surface area contributed by atoms with Gasteiger partial charge in [-0.05, 0) is 48.0 Å². The van der Waals surface area contributed by atoms with Gasteiger partial charge < -0.3 is 14.0 Å². The molecule has 0 bridgehead atoms. The number of rotatable bonds is 8. The molecule has 6 rings (SSSR count). The summed E-state index contributed by atoms with van der Waals surface area (Å²) in [6.07, 6.45) is 1.91. The number of ether oxygens (including phenoxy) is 2. The Balaban J connectivity index is 1.40. The van der Waals surface area contributed by atoms with Crippen molar-refractivity contribution in [3.05, 3.63) is 151 Å². The fourth-order valence-electron chi connectivity index (χ4n) is 4.88. The molecule has 40 heavy (non-hydrogen) atoms. The summed E-state index contributed by atoms with van der Waals surface area (Å²) < 4.78 is 13.8. The number of para-hydroxylation sites is 3. The Morgan fingerprint density at radius 1 is 0.700 bits per heavy atom. The summed E-state index contributed by atoms with van der Waals surface area (Å²) in [7, 11) is 1.63. The smallest absolute Gasteiger partial charge is 0.265 e. The van der Waals surface area contributed by atoms with E-state index in [1.807, 2.05) is 144 Å². The summed E-state index contributed by atoms with van der Waals surface area (Å²) in [4.78, 5) is 16.0. The van der Waals surface area contributed by atoms with Crippen molar-refractivity contribution >= 4 is 28.2 Å². The SMILES string of the molecule is COc1cc(-n2cc(C(=O)N(c3ccccc3)c3ccccc3)c3ccccc32)ccc1OCc1ccccc1. The normalized spacial score (nSPS) is 10.8. The molecule has 0 aliphatic carbocycles. The van der Waals surface area contributed by atoms with Crippen molar-refractivity contribution in [1.82, 2.24) is 4.57 Å². The van der Waals surface area contributed by atoms with E-state index in [4.69, 9.17) is 9.47 Å². The lowest BCUT2D eigenvalue weighted by Crippen LogP contribution is -2.25. The van der Waals surface area contributed by atoms with Crippen LogP contribution in [-0.2, 0) is 6.61 Å². The van der Waals surface area contributed by atoms with Crippen LogP contribution in [0.25, 0.3) is 16.6 Å². The van der Waals surface area contributed by atoms with Crippen molar-refractivity contribution in [1.29, 1.82) is 0 Å². The maximum Gasteiger partial charge on any atom is 0.265 e. The minimum absolute atomic E-state index is 0.109. The van der Waals surface area contributed by atoms with E-state index in [1.165, 1.54) is 0 Å². The number of nitrogens with zero attached hydrogens (tertiary/aromatic N) is 2. The van der Waals surface area contributed by atoms with Gasteiger partial charge in [-0.1, -0.05) is 84.9 Å². The number of hydrogen-bond donors (Lipinski definition) is 0. The van der Waals surface area contributed by atoms with E-state index in [0.29, 0.717) is 23.7 Å². The first kappa shape index (κ1) is 25.0. The summed E-state index contributed by atoms with van der Waals surface area (Å²) in [5.41, 5.74) is 5.08. The Kier molecular flexibility index (Phi) is 7.01. The molecule has 0 fully saturated rings. The first-order valence-electron chi connectivity index (χ1n) is 13.1.